The molecule has 0 bridgehead atoms. The fourth-order valence-electron chi connectivity index (χ4n) is 8.14. The normalized spacial score (nSPS) is 12.7. The quantitative estimate of drug-likeness (QED) is 0.0309. The van der Waals surface area contributed by atoms with Crippen molar-refractivity contribution in [2.75, 3.05) is 14.2 Å². The van der Waals surface area contributed by atoms with Crippen molar-refractivity contribution in [1.82, 2.24) is 0 Å². The average Bonchev–Trinajstić information content (AvgIpc) is 0.845. The van der Waals surface area contributed by atoms with Crippen LogP contribution in [0.2, 0.25) is 0 Å². The van der Waals surface area contributed by atoms with E-state index in [0.717, 1.165) is 48.8 Å². The first-order chi connectivity index (χ1) is 43.3. The van der Waals surface area contributed by atoms with Gasteiger partial charge in [-0.05, 0) is 134 Å². The van der Waals surface area contributed by atoms with Crippen LogP contribution in [0.3, 0.4) is 0 Å². The van der Waals surface area contributed by atoms with Crippen molar-refractivity contribution >= 4 is 47.7 Å². The van der Waals surface area contributed by atoms with Crippen molar-refractivity contribution < 1.29 is 97.1 Å². The van der Waals surface area contributed by atoms with Gasteiger partial charge in [-0.15, -0.1) is 0 Å². The predicted molar refractivity (Wildman–Crippen MR) is 329 cm³/mol. The number of Topliss-reactive ketones (excluding diaryl/α,β-unsaturated/α-hetero) is 1. The van der Waals surface area contributed by atoms with Gasteiger partial charge in [0.2, 0.25) is 34.8 Å². The fourth-order valence-corrected chi connectivity index (χ4v) is 8.14. The summed E-state index contributed by atoms with van der Waals surface area (Å²) in [4.78, 5) is 82.3. The fraction of sp³-hybridized carbons (Fsp3) is 0.357. The second kappa shape index (κ2) is 32.7. The molecule has 0 N–H and O–H groups in total. The van der Waals surface area contributed by atoms with Gasteiger partial charge in [-0.2, -0.15) is 27.8 Å². The average molecular weight is 1300 g/mol. The van der Waals surface area contributed by atoms with E-state index in [0.29, 0.717) is 11.3 Å². The van der Waals surface area contributed by atoms with E-state index in [1.54, 1.807) is 64.1 Å². The van der Waals surface area contributed by atoms with E-state index >= 15 is 0 Å². The lowest BCUT2D eigenvalue weighted by Gasteiger charge is -2.19. The number of hydrogen-bond donors (Lipinski definition) is 0. The molecule has 0 heterocycles. The molecule has 7 rings (SSSR count). The second-order valence-electron chi connectivity index (χ2n) is 24.2. The lowest BCUT2D eigenvalue weighted by atomic mass is 9.87. The minimum Gasteiger partial charge on any atom is -0.467 e. The van der Waals surface area contributed by atoms with E-state index in [9.17, 15) is 68.7 Å². The Kier molecular flexibility index (Phi) is 26.8. The summed E-state index contributed by atoms with van der Waals surface area (Å²) in [7, 11) is 2.54. The van der Waals surface area contributed by atoms with Crippen LogP contribution in [-0.2, 0) is 34.7 Å². The van der Waals surface area contributed by atoms with Crippen LogP contribution in [-0.4, -0.2) is 66.9 Å². The molecule has 0 saturated heterocycles. The minimum atomic E-state index is -2.06. The molecule has 498 valence electrons. The number of ether oxygens (including phenoxy) is 6. The minimum absolute atomic E-state index is 0.0797. The summed E-state index contributed by atoms with van der Waals surface area (Å²) in [6.45, 7) is 25.5. The molecule has 1 fully saturated rings. The SMILES string of the molecule is C=Cc1ccc(C(=O)Oc2c(F)c(F)c(C(=O)Oc3ccc(C(C)(C)C)cc3)c(F)c2F)cc1.CCC(C)c1ccc(C(=O)Oc2c(F)c(F)c(C(=O)Oc3ccc(C(C)(C)C)cc3)c(F)c2F)cc1.COC(=O)C(C)(C)N=NC(C)(C)C(=O)OC.O=C1CCCCC1. The van der Waals surface area contributed by atoms with Crippen molar-refractivity contribution in [1.29, 1.82) is 0 Å². The van der Waals surface area contributed by atoms with Crippen molar-refractivity contribution in [3.8, 4) is 23.0 Å². The van der Waals surface area contributed by atoms with Crippen molar-refractivity contribution in [2.24, 2.45) is 10.2 Å². The topological polar surface area (TPSA) is 200 Å². The van der Waals surface area contributed by atoms with Crippen LogP contribution in [0.1, 0.15) is 191 Å². The van der Waals surface area contributed by atoms with Gasteiger partial charge in [0.25, 0.3) is 0 Å². The summed E-state index contributed by atoms with van der Waals surface area (Å²) < 4.78 is 145. The number of hydrogen-bond acceptors (Lipinski definition) is 15. The molecule has 0 aromatic heterocycles. The molecule has 23 heteroatoms. The third kappa shape index (κ3) is 20.5. The summed E-state index contributed by atoms with van der Waals surface area (Å²) >= 11 is 0. The largest absolute Gasteiger partial charge is 0.467 e. The van der Waals surface area contributed by atoms with E-state index in [4.69, 9.17) is 9.47 Å². The monoisotopic (exact) mass is 1300 g/mol. The predicted octanol–water partition coefficient (Wildman–Crippen LogP) is 17.0. The standard InChI is InChI=1S/C28H26F4O4.C26H20F4O4.C10H18N2O4.C6H10O/c1-6-15(2)16-7-9-17(10-8-16)26(33)36-25-23(31)21(29)20(22(30)24(25)32)27(34)35-19-13-11-18(12-14-19)28(3,4)5;1-5-14-6-8-15(9-7-14)24(31)34-23-21(29)19(27)18(20(28)22(23)30)25(32)33-17-12-10-16(11-13-17)26(2,3)4;1-9(2,7(13)15-5)11-12-10(3,4)8(14)16-6;7-6-4-2-1-3-5-6/h7-15H,6H2,1-5H3;5-13H,1H2,2-4H3;1-6H3;1-5H2. The van der Waals surface area contributed by atoms with Crippen molar-refractivity contribution in [3.05, 3.63) is 195 Å². The molecule has 1 saturated carbocycles. The van der Waals surface area contributed by atoms with Gasteiger partial charge in [-0.25, -0.2) is 46.3 Å². The molecule has 0 spiro atoms. The van der Waals surface area contributed by atoms with E-state index in [1.165, 1.54) is 87.4 Å². The van der Waals surface area contributed by atoms with Gasteiger partial charge in [0.15, 0.2) is 34.3 Å². The molecular weight excluding hydrogens is 1230 g/mol. The van der Waals surface area contributed by atoms with Crippen LogP contribution in [0.5, 0.6) is 23.0 Å². The molecule has 0 amide bonds. The number of azo groups is 1. The van der Waals surface area contributed by atoms with Gasteiger partial charge >= 0.3 is 35.8 Å². The Morgan fingerprint density at radius 2 is 0.796 bits per heavy atom. The summed E-state index contributed by atoms with van der Waals surface area (Å²) in [5.41, 5.74) is -2.63. The van der Waals surface area contributed by atoms with Gasteiger partial charge in [0.05, 0.1) is 25.3 Å². The molecular formula is C70H74F8N2O13. The number of methoxy groups -OCH3 is 2. The van der Waals surface area contributed by atoms with E-state index in [2.05, 4.69) is 35.8 Å². The summed E-state index contributed by atoms with van der Waals surface area (Å²) in [6.07, 6.45) is 7.59. The van der Waals surface area contributed by atoms with Gasteiger partial charge in [-0.1, -0.05) is 123 Å². The first kappa shape index (κ1) is 76.0. The number of benzene rings is 6. The van der Waals surface area contributed by atoms with Crippen molar-refractivity contribution in [3.63, 3.8) is 0 Å². The molecule has 6 aromatic carbocycles. The van der Waals surface area contributed by atoms with Crippen LogP contribution in [0, 0.1) is 46.5 Å². The Morgan fingerprint density at radius 1 is 0.473 bits per heavy atom. The molecule has 1 aliphatic carbocycles. The van der Waals surface area contributed by atoms with Crippen LogP contribution < -0.4 is 18.9 Å². The molecule has 6 aromatic rings. The van der Waals surface area contributed by atoms with Gasteiger partial charge in [0, 0.05) is 12.8 Å². The van der Waals surface area contributed by atoms with Gasteiger partial charge in [0.1, 0.15) is 28.4 Å². The first-order valence-corrected chi connectivity index (χ1v) is 29.1. The number of carbonyl (C=O) groups is 7. The molecule has 1 unspecified atom stereocenters. The first-order valence-electron chi connectivity index (χ1n) is 29.1. The second-order valence-corrected chi connectivity index (χ2v) is 24.2. The zero-order valence-corrected chi connectivity index (χ0v) is 54.1. The van der Waals surface area contributed by atoms with Gasteiger partial charge in [-0.3, -0.25) is 4.79 Å². The Balaban J connectivity index is 0.000000298. The zero-order valence-electron chi connectivity index (χ0n) is 54.1. The number of ketones is 1. The Morgan fingerprint density at radius 3 is 1.06 bits per heavy atom. The number of halogens is 8. The lowest BCUT2D eigenvalue weighted by Crippen LogP contribution is -2.34. The molecule has 1 aliphatic rings. The molecule has 93 heavy (non-hydrogen) atoms. The molecule has 0 aliphatic heterocycles. The number of carbonyl (C=O) groups excluding carboxylic acids is 7. The van der Waals surface area contributed by atoms with Crippen molar-refractivity contribution in [2.45, 2.75) is 149 Å². The Hall–Kier alpha value is -9.41. The maximum absolute atomic E-state index is 14.6. The third-order valence-electron chi connectivity index (χ3n) is 14.1. The summed E-state index contributed by atoms with van der Waals surface area (Å²) in [5, 5.41) is 7.63. The van der Waals surface area contributed by atoms with E-state index < -0.39 is 116 Å². The summed E-state index contributed by atoms with van der Waals surface area (Å²) in [5.74, 6) is -25.9. The highest BCUT2D eigenvalue weighted by molar-refractivity contribution is 5.95. The molecule has 15 nitrogen and oxygen atoms in total. The summed E-state index contributed by atoms with van der Waals surface area (Å²) in [6, 6.07) is 23.7. The van der Waals surface area contributed by atoms with Crippen LogP contribution in [0.25, 0.3) is 6.08 Å². The smallest absolute Gasteiger partial charge is 0.349 e. The van der Waals surface area contributed by atoms with E-state index in [1.807, 2.05) is 55.4 Å². The van der Waals surface area contributed by atoms with Crippen LogP contribution in [0.4, 0.5) is 35.1 Å². The third-order valence-corrected chi connectivity index (χ3v) is 14.1. The lowest BCUT2D eigenvalue weighted by molar-refractivity contribution is -0.148. The number of rotatable bonds is 15. The number of nitrogens with zero attached hydrogens (tertiary/aromatic N) is 2. The highest BCUT2D eigenvalue weighted by Gasteiger charge is 2.36. The van der Waals surface area contributed by atoms with Gasteiger partial charge < -0.3 is 28.4 Å². The maximum atomic E-state index is 14.6. The molecule has 0 radical (unpaired) electrons. The van der Waals surface area contributed by atoms with E-state index in [-0.39, 0.29) is 39.4 Å². The number of esters is 6. The highest BCUT2D eigenvalue weighted by Crippen LogP contribution is 2.35. The zero-order chi connectivity index (χ0) is 70.1. The highest BCUT2D eigenvalue weighted by atomic mass is 19.2. The molecule has 1 atom stereocenters. The Bertz CT molecular complexity index is 3630. The van der Waals surface area contributed by atoms with Crippen LogP contribution in [0.15, 0.2) is 114 Å². The maximum Gasteiger partial charge on any atom is 0.349 e. The Labute approximate surface area is 534 Å². The van der Waals surface area contributed by atoms with Crippen LogP contribution >= 0.6 is 0 Å².